The molecule has 0 bridgehead atoms. The van der Waals surface area contributed by atoms with Gasteiger partial charge in [0.2, 0.25) is 5.91 Å². The maximum Gasteiger partial charge on any atom is 0.225 e. The number of ether oxygens (including phenoxy) is 2. The Morgan fingerprint density at radius 1 is 1.35 bits per heavy atom. The van der Waals surface area contributed by atoms with Crippen molar-refractivity contribution >= 4 is 18.3 Å². The van der Waals surface area contributed by atoms with Crippen molar-refractivity contribution in [2.45, 2.75) is 13.0 Å². The molecule has 1 heterocycles. The lowest BCUT2D eigenvalue weighted by molar-refractivity contribution is -0.126. The van der Waals surface area contributed by atoms with E-state index >= 15 is 0 Å². The number of nitrogens with one attached hydrogen (secondary N) is 2. The Hall–Kier alpha value is -1.46. The number of halogens is 1. The molecule has 1 aromatic rings. The van der Waals surface area contributed by atoms with Crippen LogP contribution >= 0.6 is 12.4 Å². The first kappa shape index (κ1) is 16.6. The molecule has 1 aliphatic heterocycles. The fourth-order valence-corrected chi connectivity index (χ4v) is 1.79. The molecule has 0 spiro atoms. The largest absolute Gasteiger partial charge is 0.497 e. The van der Waals surface area contributed by atoms with E-state index in [2.05, 4.69) is 10.6 Å². The molecule has 1 aromatic carbocycles. The SMILES string of the molecule is COc1ccc(OC(C)CNC(=O)C2CNC2)cc1.Cl. The molecule has 0 aliphatic carbocycles. The summed E-state index contributed by atoms with van der Waals surface area (Å²) in [6.45, 7) is 4.00. The predicted octanol–water partition coefficient (Wildman–Crippen LogP) is 1.22. The molecular weight excluding hydrogens is 280 g/mol. The molecule has 6 heteroatoms. The van der Waals surface area contributed by atoms with E-state index in [0.29, 0.717) is 6.54 Å². The van der Waals surface area contributed by atoms with Gasteiger partial charge in [0.25, 0.3) is 0 Å². The highest BCUT2D eigenvalue weighted by atomic mass is 35.5. The van der Waals surface area contributed by atoms with Gasteiger partial charge in [0.05, 0.1) is 19.6 Å². The van der Waals surface area contributed by atoms with Crippen LogP contribution in [-0.4, -0.2) is 38.8 Å². The Bertz CT molecular complexity index is 421. The topological polar surface area (TPSA) is 59.6 Å². The fourth-order valence-electron chi connectivity index (χ4n) is 1.79. The predicted molar refractivity (Wildman–Crippen MR) is 79.7 cm³/mol. The van der Waals surface area contributed by atoms with Crippen LogP contribution in [0.4, 0.5) is 0 Å². The molecule has 0 saturated carbocycles. The van der Waals surface area contributed by atoms with E-state index in [9.17, 15) is 4.79 Å². The zero-order valence-corrected chi connectivity index (χ0v) is 12.5. The van der Waals surface area contributed by atoms with E-state index in [-0.39, 0.29) is 30.3 Å². The van der Waals surface area contributed by atoms with E-state index < -0.39 is 0 Å². The second kappa shape index (κ2) is 7.97. The van der Waals surface area contributed by atoms with Crippen LogP contribution in [0, 0.1) is 5.92 Å². The van der Waals surface area contributed by atoms with Gasteiger partial charge in [0.1, 0.15) is 17.6 Å². The van der Waals surface area contributed by atoms with Crippen LogP contribution in [0.5, 0.6) is 11.5 Å². The Morgan fingerprint density at radius 3 is 2.45 bits per heavy atom. The standard InChI is InChI=1S/C14H20N2O3.ClH/c1-10(7-16-14(17)11-8-15-9-11)19-13-5-3-12(18-2)4-6-13;/h3-6,10-11,15H,7-9H2,1-2H3,(H,16,17);1H. The number of carbonyl (C=O) groups excluding carboxylic acids is 1. The Morgan fingerprint density at radius 2 is 1.95 bits per heavy atom. The summed E-state index contributed by atoms with van der Waals surface area (Å²) in [5.74, 6) is 1.79. The van der Waals surface area contributed by atoms with E-state index in [0.717, 1.165) is 24.6 Å². The minimum Gasteiger partial charge on any atom is -0.497 e. The van der Waals surface area contributed by atoms with Crippen molar-refractivity contribution in [2.75, 3.05) is 26.7 Å². The quantitative estimate of drug-likeness (QED) is 0.829. The summed E-state index contributed by atoms with van der Waals surface area (Å²) in [5, 5.41) is 5.97. The summed E-state index contributed by atoms with van der Waals surface area (Å²) >= 11 is 0. The van der Waals surface area contributed by atoms with Crippen molar-refractivity contribution in [2.24, 2.45) is 5.92 Å². The van der Waals surface area contributed by atoms with Gasteiger partial charge in [-0.05, 0) is 31.2 Å². The highest BCUT2D eigenvalue weighted by Crippen LogP contribution is 2.18. The average molecular weight is 301 g/mol. The molecule has 0 radical (unpaired) electrons. The number of methoxy groups -OCH3 is 1. The summed E-state index contributed by atoms with van der Waals surface area (Å²) in [7, 11) is 1.63. The third kappa shape index (κ3) is 4.58. The second-order valence-corrected chi connectivity index (χ2v) is 4.70. The van der Waals surface area contributed by atoms with Crippen molar-refractivity contribution in [1.82, 2.24) is 10.6 Å². The zero-order chi connectivity index (χ0) is 13.7. The molecular formula is C14H21ClN2O3. The van der Waals surface area contributed by atoms with Crippen LogP contribution in [0.1, 0.15) is 6.92 Å². The Balaban J connectivity index is 0.00000200. The molecule has 2 N–H and O–H groups in total. The Labute approximate surface area is 125 Å². The summed E-state index contributed by atoms with van der Waals surface area (Å²) in [6, 6.07) is 7.40. The van der Waals surface area contributed by atoms with Crippen LogP contribution in [0.25, 0.3) is 0 Å². The molecule has 1 fully saturated rings. The molecule has 20 heavy (non-hydrogen) atoms. The van der Waals surface area contributed by atoms with Gasteiger partial charge in [0, 0.05) is 13.1 Å². The first-order valence-electron chi connectivity index (χ1n) is 6.48. The van der Waals surface area contributed by atoms with E-state index in [1.165, 1.54) is 0 Å². The minimum atomic E-state index is -0.0645. The molecule has 1 atom stereocenters. The fraction of sp³-hybridized carbons (Fsp3) is 0.500. The first-order chi connectivity index (χ1) is 9.19. The number of hydrogen-bond donors (Lipinski definition) is 2. The van der Waals surface area contributed by atoms with Gasteiger partial charge in [-0.15, -0.1) is 12.4 Å². The van der Waals surface area contributed by atoms with Crippen molar-refractivity contribution < 1.29 is 14.3 Å². The maximum absolute atomic E-state index is 11.6. The van der Waals surface area contributed by atoms with E-state index in [4.69, 9.17) is 9.47 Å². The van der Waals surface area contributed by atoms with Gasteiger partial charge >= 0.3 is 0 Å². The monoisotopic (exact) mass is 300 g/mol. The molecule has 1 aliphatic rings. The third-order valence-electron chi connectivity index (χ3n) is 3.11. The second-order valence-electron chi connectivity index (χ2n) is 4.70. The number of amides is 1. The maximum atomic E-state index is 11.6. The number of rotatable bonds is 6. The highest BCUT2D eigenvalue weighted by molar-refractivity contribution is 5.85. The average Bonchev–Trinajstić information content (AvgIpc) is 2.35. The number of hydrogen-bond acceptors (Lipinski definition) is 4. The van der Waals surface area contributed by atoms with Crippen LogP contribution in [-0.2, 0) is 4.79 Å². The molecule has 1 amide bonds. The van der Waals surface area contributed by atoms with E-state index in [1.807, 2.05) is 31.2 Å². The van der Waals surface area contributed by atoms with Gasteiger partial charge in [0.15, 0.2) is 0 Å². The molecule has 0 aromatic heterocycles. The summed E-state index contributed by atoms with van der Waals surface area (Å²) in [5.41, 5.74) is 0. The van der Waals surface area contributed by atoms with Gasteiger partial charge in [-0.2, -0.15) is 0 Å². The van der Waals surface area contributed by atoms with Crippen molar-refractivity contribution in [3.8, 4) is 11.5 Å². The molecule has 112 valence electrons. The van der Waals surface area contributed by atoms with Crippen LogP contribution in [0.15, 0.2) is 24.3 Å². The highest BCUT2D eigenvalue weighted by Gasteiger charge is 2.24. The van der Waals surface area contributed by atoms with E-state index in [1.54, 1.807) is 7.11 Å². The summed E-state index contributed by atoms with van der Waals surface area (Å²) < 4.78 is 10.8. The summed E-state index contributed by atoms with van der Waals surface area (Å²) in [4.78, 5) is 11.6. The molecule has 5 nitrogen and oxygen atoms in total. The number of benzene rings is 1. The third-order valence-corrected chi connectivity index (χ3v) is 3.11. The van der Waals surface area contributed by atoms with Gasteiger partial charge in [-0.25, -0.2) is 0 Å². The lowest BCUT2D eigenvalue weighted by Gasteiger charge is -2.26. The summed E-state index contributed by atoms with van der Waals surface area (Å²) in [6.07, 6.45) is -0.0645. The molecule has 1 saturated heterocycles. The lowest BCUT2D eigenvalue weighted by atomic mass is 10.0. The normalized spacial score (nSPS) is 15.5. The van der Waals surface area contributed by atoms with Gasteiger partial charge in [-0.1, -0.05) is 0 Å². The smallest absolute Gasteiger partial charge is 0.225 e. The van der Waals surface area contributed by atoms with Gasteiger partial charge < -0.3 is 20.1 Å². The van der Waals surface area contributed by atoms with Crippen LogP contribution in [0.2, 0.25) is 0 Å². The molecule has 1 unspecified atom stereocenters. The van der Waals surface area contributed by atoms with Crippen molar-refractivity contribution in [3.63, 3.8) is 0 Å². The van der Waals surface area contributed by atoms with Crippen molar-refractivity contribution in [1.29, 1.82) is 0 Å². The van der Waals surface area contributed by atoms with Crippen LogP contribution < -0.4 is 20.1 Å². The zero-order valence-electron chi connectivity index (χ0n) is 11.7. The van der Waals surface area contributed by atoms with Gasteiger partial charge in [-0.3, -0.25) is 4.79 Å². The van der Waals surface area contributed by atoms with Crippen molar-refractivity contribution in [3.05, 3.63) is 24.3 Å². The lowest BCUT2D eigenvalue weighted by Crippen LogP contribution is -2.51. The number of carbonyl (C=O) groups is 1. The first-order valence-corrected chi connectivity index (χ1v) is 6.48. The molecule has 2 rings (SSSR count). The van der Waals surface area contributed by atoms with Crippen LogP contribution in [0.3, 0.4) is 0 Å². The minimum absolute atomic E-state index is 0. The Kier molecular flexibility index (Phi) is 6.61.